The number of rotatable bonds is 2. The minimum Gasteiger partial charge on any atom is -0.485 e. The van der Waals surface area contributed by atoms with Crippen molar-refractivity contribution in [2.45, 2.75) is 50.5 Å². The lowest BCUT2D eigenvalue weighted by Gasteiger charge is -2.32. The smallest absolute Gasteiger partial charge is 0.255 e. The molecule has 3 amide bonds. The van der Waals surface area contributed by atoms with Gasteiger partial charge in [0.2, 0.25) is 11.8 Å². The van der Waals surface area contributed by atoms with Gasteiger partial charge in [-0.15, -0.1) is 0 Å². The number of benzene rings is 1. The number of fused-ring (bicyclic) bond motifs is 1. The molecule has 1 spiro atoms. The molecule has 3 heterocycles. The number of hydrogen-bond acceptors (Lipinski definition) is 4. The summed E-state index contributed by atoms with van der Waals surface area (Å²) in [5.74, 6) is 0.430. The molecule has 1 aromatic rings. The van der Waals surface area contributed by atoms with Crippen LogP contribution < -0.4 is 10.1 Å². The Bertz CT molecular complexity index is 788. The third-order valence-corrected chi connectivity index (χ3v) is 6.30. The molecule has 0 aromatic heterocycles. The minimum absolute atomic E-state index is 0.0162. The van der Waals surface area contributed by atoms with Crippen LogP contribution in [0.1, 0.15) is 55.3 Å². The molecule has 3 aliphatic rings. The zero-order valence-electron chi connectivity index (χ0n) is 16.8. The maximum Gasteiger partial charge on any atom is 0.255 e. The van der Waals surface area contributed by atoms with Crippen LogP contribution in [0.3, 0.4) is 0 Å². The summed E-state index contributed by atoms with van der Waals surface area (Å²) < 4.78 is 6.31. The van der Waals surface area contributed by atoms with Gasteiger partial charge in [-0.25, -0.2) is 0 Å². The van der Waals surface area contributed by atoms with Crippen molar-refractivity contribution in [1.82, 2.24) is 15.1 Å². The van der Waals surface area contributed by atoms with Crippen molar-refractivity contribution in [3.05, 3.63) is 29.8 Å². The van der Waals surface area contributed by atoms with E-state index in [4.69, 9.17) is 4.74 Å². The third-order valence-electron chi connectivity index (χ3n) is 6.30. The number of carbonyl (C=O) groups excluding carboxylic acids is 3. The number of likely N-dealkylation sites (tertiary alicyclic amines) is 2. The van der Waals surface area contributed by atoms with Gasteiger partial charge in [0.15, 0.2) is 0 Å². The van der Waals surface area contributed by atoms with Crippen molar-refractivity contribution < 1.29 is 19.1 Å². The summed E-state index contributed by atoms with van der Waals surface area (Å²) in [6.07, 6.45) is 5.82. The zero-order chi connectivity index (χ0) is 20.3. The Morgan fingerprint density at radius 3 is 2.59 bits per heavy atom. The van der Waals surface area contributed by atoms with Crippen LogP contribution in [0.4, 0.5) is 0 Å². The van der Waals surface area contributed by atoms with Crippen LogP contribution in [-0.2, 0) is 9.59 Å². The van der Waals surface area contributed by atoms with Crippen molar-refractivity contribution in [2.75, 3.05) is 32.7 Å². The molecule has 156 valence electrons. The topological polar surface area (TPSA) is 79.0 Å². The van der Waals surface area contributed by atoms with E-state index >= 15 is 0 Å². The molecule has 0 bridgehead atoms. The molecule has 2 fully saturated rings. The summed E-state index contributed by atoms with van der Waals surface area (Å²) in [6, 6.07) is 7.21. The zero-order valence-corrected chi connectivity index (χ0v) is 16.8. The van der Waals surface area contributed by atoms with Gasteiger partial charge in [0.1, 0.15) is 11.4 Å². The van der Waals surface area contributed by atoms with E-state index in [0.717, 1.165) is 25.9 Å². The molecule has 1 N–H and O–H groups in total. The van der Waals surface area contributed by atoms with Crippen molar-refractivity contribution in [1.29, 1.82) is 0 Å². The van der Waals surface area contributed by atoms with Gasteiger partial charge in [-0.2, -0.15) is 0 Å². The molecule has 0 saturated carbocycles. The first kappa shape index (κ1) is 19.7. The second kappa shape index (κ2) is 8.43. The Hall–Kier alpha value is -2.57. The van der Waals surface area contributed by atoms with Crippen molar-refractivity contribution in [2.24, 2.45) is 0 Å². The molecule has 7 heteroatoms. The van der Waals surface area contributed by atoms with Crippen molar-refractivity contribution in [3.8, 4) is 5.75 Å². The Morgan fingerprint density at radius 1 is 1.03 bits per heavy atom. The van der Waals surface area contributed by atoms with Crippen LogP contribution in [-0.4, -0.2) is 65.8 Å². The van der Waals surface area contributed by atoms with Gasteiger partial charge >= 0.3 is 0 Å². The lowest BCUT2D eigenvalue weighted by molar-refractivity contribution is -0.140. The van der Waals surface area contributed by atoms with Crippen molar-refractivity contribution in [3.63, 3.8) is 0 Å². The van der Waals surface area contributed by atoms with Crippen LogP contribution in [0, 0.1) is 0 Å². The summed E-state index contributed by atoms with van der Waals surface area (Å²) in [5, 5.41) is 2.95. The molecule has 1 unspecified atom stereocenters. The van der Waals surface area contributed by atoms with Crippen LogP contribution >= 0.6 is 0 Å². The fourth-order valence-corrected chi connectivity index (χ4v) is 4.46. The van der Waals surface area contributed by atoms with Crippen LogP contribution in [0.2, 0.25) is 0 Å². The third kappa shape index (κ3) is 4.38. The van der Waals surface area contributed by atoms with Gasteiger partial charge in [-0.05, 0) is 31.4 Å². The van der Waals surface area contributed by atoms with Crippen molar-refractivity contribution >= 4 is 17.7 Å². The van der Waals surface area contributed by atoms with Gasteiger partial charge in [0.25, 0.3) is 5.91 Å². The fourth-order valence-electron chi connectivity index (χ4n) is 4.46. The Kier molecular flexibility index (Phi) is 5.74. The summed E-state index contributed by atoms with van der Waals surface area (Å²) in [5.41, 5.74) is -0.105. The molecule has 1 aromatic carbocycles. The molecular formula is C22H29N3O4. The Balaban J connectivity index is 1.44. The second-order valence-electron chi connectivity index (χ2n) is 8.32. The summed E-state index contributed by atoms with van der Waals surface area (Å²) >= 11 is 0. The van der Waals surface area contributed by atoms with Gasteiger partial charge in [0, 0.05) is 32.5 Å². The van der Waals surface area contributed by atoms with E-state index in [1.54, 1.807) is 17.0 Å². The molecule has 2 saturated heterocycles. The highest BCUT2D eigenvalue weighted by Gasteiger charge is 2.40. The number of amides is 3. The molecule has 29 heavy (non-hydrogen) atoms. The molecule has 1 atom stereocenters. The largest absolute Gasteiger partial charge is 0.485 e. The monoisotopic (exact) mass is 399 g/mol. The number of hydrogen-bond donors (Lipinski definition) is 1. The number of nitrogens with one attached hydrogen (secondary N) is 1. The fraction of sp³-hybridized carbons (Fsp3) is 0.591. The summed E-state index contributed by atoms with van der Waals surface area (Å²) in [6.45, 7) is 2.53. The lowest BCUT2D eigenvalue weighted by Crippen LogP contribution is -2.46. The molecular weight excluding hydrogens is 370 g/mol. The minimum atomic E-state index is -0.627. The number of ether oxygens (including phenoxy) is 1. The summed E-state index contributed by atoms with van der Waals surface area (Å²) in [4.78, 5) is 41.4. The van der Waals surface area contributed by atoms with Crippen LogP contribution in [0.15, 0.2) is 24.3 Å². The lowest BCUT2D eigenvalue weighted by atomic mass is 9.94. The predicted octanol–water partition coefficient (Wildman–Crippen LogP) is 1.96. The Labute approximate surface area is 171 Å². The first-order valence-corrected chi connectivity index (χ1v) is 10.7. The first-order valence-electron chi connectivity index (χ1n) is 10.7. The average molecular weight is 399 g/mol. The normalized spacial score (nSPS) is 25.4. The van der Waals surface area contributed by atoms with Gasteiger partial charge in [-0.1, -0.05) is 25.0 Å². The molecule has 0 radical (unpaired) electrons. The molecule has 0 aliphatic carbocycles. The maximum atomic E-state index is 12.8. The van der Waals surface area contributed by atoms with Crippen LogP contribution in [0.5, 0.6) is 5.75 Å². The van der Waals surface area contributed by atoms with E-state index < -0.39 is 5.60 Å². The second-order valence-corrected chi connectivity index (χ2v) is 8.32. The highest BCUT2D eigenvalue weighted by Crippen LogP contribution is 2.33. The first-order chi connectivity index (χ1) is 14.1. The van der Waals surface area contributed by atoms with E-state index in [1.807, 2.05) is 17.0 Å². The average Bonchev–Trinajstić information content (AvgIpc) is 3.14. The van der Waals surface area contributed by atoms with E-state index in [0.29, 0.717) is 43.7 Å². The van der Waals surface area contributed by atoms with Crippen LogP contribution in [0.25, 0.3) is 0 Å². The number of carbonyl (C=O) groups is 3. The molecule has 3 aliphatic heterocycles. The highest BCUT2D eigenvalue weighted by molar-refractivity contribution is 5.97. The van der Waals surface area contributed by atoms with E-state index in [-0.39, 0.29) is 24.3 Å². The van der Waals surface area contributed by atoms with Gasteiger partial charge in [0.05, 0.1) is 18.7 Å². The number of para-hydroxylation sites is 1. The maximum absolute atomic E-state index is 12.8. The summed E-state index contributed by atoms with van der Waals surface area (Å²) in [7, 11) is 0. The standard InChI is InChI=1S/C22H29N3O4/c26-19-9-10-22(16-23-21(28)17-7-3-4-8-18(17)29-22)11-14-25(19)15-20(27)24-12-5-1-2-6-13-24/h3-4,7-8H,1-2,5-6,9-16H2,(H,23,28). The van der Waals surface area contributed by atoms with Gasteiger partial charge in [-0.3, -0.25) is 14.4 Å². The number of nitrogens with zero attached hydrogens (tertiary/aromatic N) is 2. The predicted molar refractivity (Wildman–Crippen MR) is 108 cm³/mol. The quantitative estimate of drug-likeness (QED) is 0.825. The molecule has 7 nitrogen and oxygen atoms in total. The molecule has 4 rings (SSSR count). The van der Waals surface area contributed by atoms with E-state index in [1.165, 1.54) is 12.8 Å². The van der Waals surface area contributed by atoms with E-state index in [9.17, 15) is 14.4 Å². The SMILES string of the molecule is O=C1NCC2(CCC(=O)N(CC(=O)N3CCCCCC3)CC2)Oc2ccccc21. The van der Waals surface area contributed by atoms with Gasteiger partial charge < -0.3 is 19.9 Å². The highest BCUT2D eigenvalue weighted by atomic mass is 16.5. The van der Waals surface area contributed by atoms with E-state index in [2.05, 4.69) is 5.32 Å². The Morgan fingerprint density at radius 2 is 1.79 bits per heavy atom.